The van der Waals surface area contributed by atoms with Gasteiger partial charge in [0.15, 0.2) is 0 Å². The summed E-state index contributed by atoms with van der Waals surface area (Å²) in [6, 6.07) is 18.7. The predicted octanol–water partition coefficient (Wildman–Crippen LogP) is 4.00. The maximum absolute atomic E-state index is 12.3. The lowest BCUT2D eigenvalue weighted by Gasteiger charge is -2.42. The molecule has 2 aliphatic rings. The molecule has 180 valence electrons. The molecule has 0 aliphatic carbocycles. The molecule has 1 amide bonds. The number of amides is 1. The Morgan fingerprint density at radius 2 is 2.00 bits per heavy atom. The summed E-state index contributed by atoms with van der Waals surface area (Å²) in [5.41, 5.74) is 6.32. The average Bonchev–Trinajstić information content (AvgIpc) is 2.85. The number of carbonyl (C=O) groups excluding carboxylic acids is 1. The number of carbonyl (C=O) groups is 1. The molecule has 35 heavy (non-hydrogen) atoms. The molecule has 0 unspecified atom stereocenters. The SMILES string of the molecule is COc1ccc(C=NNC(=O)c2cccc(Br)c2)cc1CN1C[C@@H]2C[C@@H](C1)c1cccc(=O)n1C2. The number of aromatic nitrogens is 1. The van der Waals surface area contributed by atoms with Crippen molar-refractivity contribution in [3.63, 3.8) is 0 Å². The van der Waals surface area contributed by atoms with Crippen LogP contribution in [0.15, 0.2) is 75.0 Å². The minimum Gasteiger partial charge on any atom is -0.496 e. The van der Waals surface area contributed by atoms with E-state index in [1.807, 2.05) is 34.9 Å². The van der Waals surface area contributed by atoms with Gasteiger partial charge in [-0.3, -0.25) is 14.5 Å². The van der Waals surface area contributed by atoms with Crippen molar-refractivity contribution in [2.24, 2.45) is 11.0 Å². The molecule has 3 aromatic rings. The van der Waals surface area contributed by atoms with Crippen molar-refractivity contribution in [2.45, 2.75) is 25.4 Å². The molecule has 0 saturated carbocycles. The van der Waals surface area contributed by atoms with Gasteiger partial charge in [0.05, 0.1) is 13.3 Å². The third-order valence-corrected chi connectivity index (χ3v) is 7.21. The van der Waals surface area contributed by atoms with Crippen LogP contribution in [0.2, 0.25) is 0 Å². The zero-order valence-electron chi connectivity index (χ0n) is 19.5. The van der Waals surface area contributed by atoms with E-state index in [0.29, 0.717) is 17.4 Å². The van der Waals surface area contributed by atoms with Crippen LogP contribution >= 0.6 is 15.9 Å². The molecule has 7 nitrogen and oxygen atoms in total. The Morgan fingerprint density at radius 1 is 1.14 bits per heavy atom. The van der Waals surface area contributed by atoms with Crippen molar-refractivity contribution in [1.29, 1.82) is 0 Å². The molecule has 2 atom stereocenters. The second kappa shape index (κ2) is 10.2. The first-order valence-electron chi connectivity index (χ1n) is 11.7. The van der Waals surface area contributed by atoms with Gasteiger partial charge in [0.1, 0.15) is 5.75 Å². The second-order valence-corrected chi connectivity index (χ2v) is 10.1. The number of benzene rings is 2. The van der Waals surface area contributed by atoms with Crippen molar-refractivity contribution in [2.75, 3.05) is 20.2 Å². The summed E-state index contributed by atoms with van der Waals surface area (Å²) >= 11 is 3.37. The number of likely N-dealkylation sites (tertiary alicyclic amines) is 1. The lowest BCUT2D eigenvalue weighted by molar-refractivity contribution is 0.0955. The quantitative estimate of drug-likeness (QED) is 0.383. The van der Waals surface area contributed by atoms with E-state index in [2.05, 4.69) is 43.5 Å². The lowest BCUT2D eigenvalue weighted by atomic mass is 9.83. The van der Waals surface area contributed by atoms with Crippen LogP contribution in [-0.2, 0) is 13.1 Å². The fraction of sp³-hybridized carbons (Fsp3) is 0.296. The van der Waals surface area contributed by atoms with E-state index < -0.39 is 0 Å². The molecule has 2 bridgehead atoms. The monoisotopic (exact) mass is 534 g/mol. The van der Waals surface area contributed by atoms with E-state index in [9.17, 15) is 9.59 Å². The van der Waals surface area contributed by atoms with Gasteiger partial charge in [-0.1, -0.05) is 28.1 Å². The molecule has 2 aromatic carbocycles. The van der Waals surface area contributed by atoms with Gasteiger partial charge < -0.3 is 9.30 Å². The summed E-state index contributed by atoms with van der Waals surface area (Å²) < 4.78 is 8.42. The number of methoxy groups -OCH3 is 1. The topological polar surface area (TPSA) is 75.9 Å². The molecule has 1 aromatic heterocycles. The lowest BCUT2D eigenvalue weighted by Crippen LogP contribution is -2.46. The maximum Gasteiger partial charge on any atom is 0.271 e. The third kappa shape index (κ3) is 5.23. The van der Waals surface area contributed by atoms with E-state index in [0.717, 1.165) is 59.6 Å². The third-order valence-electron chi connectivity index (χ3n) is 6.72. The Labute approximate surface area is 212 Å². The van der Waals surface area contributed by atoms with E-state index in [4.69, 9.17) is 4.74 Å². The van der Waals surface area contributed by atoms with Crippen molar-refractivity contribution < 1.29 is 9.53 Å². The molecule has 3 heterocycles. The van der Waals surface area contributed by atoms with Gasteiger partial charge in [-0.05, 0) is 60.4 Å². The van der Waals surface area contributed by atoms with Gasteiger partial charge in [-0.25, -0.2) is 5.43 Å². The standard InChI is InChI=1S/C27H27BrN4O3/c1-35-25-9-8-18(13-29-30-27(34)20-4-2-5-23(28)12-20)10-22(25)17-31-14-19-11-21(16-31)24-6-3-7-26(33)32(24)15-19/h2-10,12-13,19,21H,11,14-17H2,1H3,(H,30,34)/t19-,21-/m0/s1. The number of hydrogen-bond donors (Lipinski definition) is 1. The first-order chi connectivity index (χ1) is 17.0. The molecule has 8 heteroatoms. The van der Waals surface area contributed by atoms with Gasteiger partial charge in [-0.15, -0.1) is 0 Å². The molecule has 1 N–H and O–H groups in total. The van der Waals surface area contributed by atoms with Crippen LogP contribution in [0.4, 0.5) is 0 Å². The highest BCUT2D eigenvalue weighted by molar-refractivity contribution is 9.10. The van der Waals surface area contributed by atoms with Crippen LogP contribution in [0.3, 0.4) is 0 Å². The molecule has 2 aliphatic heterocycles. The minimum absolute atomic E-state index is 0.103. The molecule has 1 fully saturated rings. The van der Waals surface area contributed by atoms with Gasteiger partial charge in [0.25, 0.3) is 11.5 Å². The fourth-order valence-electron chi connectivity index (χ4n) is 5.23. The van der Waals surface area contributed by atoms with Crippen molar-refractivity contribution in [1.82, 2.24) is 14.9 Å². The van der Waals surface area contributed by atoms with Crippen LogP contribution in [0.25, 0.3) is 0 Å². The number of nitrogens with zero attached hydrogens (tertiary/aromatic N) is 3. The number of pyridine rings is 1. The fourth-order valence-corrected chi connectivity index (χ4v) is 5.63. The highest BCUT2D eigenvalue weighted by atomic mass is 79.9. The Hall–Kier alpha value is -3.23. The molecular weight excluding hydrogens is 508 g/mol. The predicted molar refractivity (Wildman–Crippen MR) is 139 cm³/mol. The van der Waals surface area contributed by atoms with Crippen LogP contribution in [-0.4, -0.2) is 41.8 Å². The smallest absolute Gasteiger partial charge is 0.271 e. The Balaban J connectivity index is 1.28. The zero-order valence-corrected chi connectivity index (χ0v) is 21.1. The first kappa shape index (κ1) is 23.5. The summed E-state index contributed by atoms with van der Waals surface area (Å²) in [5.74, 6) is 1.38. The second-order valence-electron chi connectivity index (χ2n) is 9.17. The van der Waals surface area contributed by atoms with Crippen molar-refractivity contribution >= 4 is 28.1 Å². The van der Waals surface area contributed by atoms with Gasteiger partial charge in [0.2, 0.25) is 0 Å². The highest BCUT2D eigenvalue weighted by Crippen LogP contribution is 2.36. The summed E-state index contributed by atoms with van der Waals surface area (Å²) in [5, 5.41) is 4.14. The molecule has 0 radical (unpaired) electrons. The van der Waals surface area contributed by atoms with Crippen LogP contribution < -0.4 is 15.7 Å². The minimum atomic E-state index is -0.268. The molecular formula is C27H27BrN4O3. The number of hydrazone groups is 1. The van der Waals surface area contributed by atoms with Crippen LogP contribution in [0.1, 0.15) is 39.5 Å². The number of ether oxygens (including phenoxy) is 1. The summed E-state index contributed by atoms with van der Waals surface area (Å²) in [7, 11) is 1.68. The molecule has 5 rings (SSSR count). The van der Waals surface area contributed by atoms with Gasteiger partial charge >= 0.3 is 0 Å². The Morgan fingerprint density at radius 3 is 2.83 bits per heavy atom. The average molecular weight is 535 g/mol. The summed E-state index contributed by atoms with van der Waals surface area (Å²) in [6.45, 7) is 3.38. The highest BCUT2D eigenvalue weighted by Gasteiger charge is 2.34. The first-order valence-corrected chi connectivity index (χ1v) is 12.5. The number of fused-ring (bicyclic) bond motifs is 4. The number of halogens is 1. The summed E-state index contributed by atoms with van der Waals surface area (Å²) in [6.07, 6.45) is 2.77. The zero-order chi connectivity index (χ0) is 24.4. The summed E-state index contributed by atoms with van der Waals surface area (Å²) in [4.78, 5) is 27.1. The number of hydrogen-bond acceptors (Lipinski definition) is 5. The van der Waals surface area contributed by atoms with E-state index >= 15 is 0 Å². The molecule has 1 saturated heterocycles. The number of nitrogens with one attached hydrogen (secondary N) is 1. The normalized spacial score (nSPS) is 19.4. The maximum atomic E-state index is 12.3. The van der Waals surface area contributed by atoms with Crippen molar-refractivity contribution in [3.8, 4) is 5.75 Å². The van der Waals surface area contributed by atoms with E-state index in [1.165, 1.54) is 0 Å². The molecule has 0 spiro atoms. The van der Waals surface area contributed by atoms with Gasteiger partial charge in [0, 0.05) is 59.5 Å². The van der Waals surface area contributed by atoms with E-state index in [-0.39, 0.29) is 11.5 Å². The number of rotatable bonds is 6. The number of piperidine rings is 1. The Kier molecular flexibility index (Phi) is 6.83. The largest absolute Gasteiger partial charge is 0.496 e. The van der Waals surface area contributed by atoms with Crippen LogP contribution in [0.5, 0.6) is 5.75 Å². The van der Waals surface area contributed by atoms with E-state index in [1.54, 1.807) is 31.5 Å². The van der Waals surface area contributed by atoms with Crippen LogP contribution in [0, 0.1) is 5.92 Å². The van der Waals surface area contributed by atoms with Gasteiger partial charge in [-0.2, -0.15) is 5.10 Å². The Bertz CT molecular complexity index is 1340. The van der Waals surface area contributed by atoms with Crippen molar-refractivity contribution in [3.05, 3.63) is 97.9 Å².